The first-order valence-corrected chi connectivity index (χ1v) is 8.01. The molecule has 1 aliphatic rings. The molecule has 0 amide bonds. The SMILES string of the molecule is [C-]#[N+]c1cc(C#N)cc(Oc2c(CC)nn(CCO)c2C2CC2)c1. The van der Waals surface area contributed by atoms with E-state index in [0.717, 1.165) is 24.2 Å². The van der Waals surface area contributed by atoms with Crippen molar-refractivity contribution in [2.75, 3.05) is 6.61 Å². The quantitative estimate of drug-likeness (QED) is 0.826. The third-order valence-corrected chi connectivity index (χ3v) is 3.99. The average molecular weight is 322 g/mol. The Morgan fingerprint density at radius 3 is 2.83 bits per heavy atom. The van der Waals surface area contributed by atoms with Crippen LogP contribution in [0.25, 0.3) is 4.85 Å². The van der Waals surface area contributed by atoms with E-state index in [0.29, 0.717) is 41.6 Å². The van der Waals surface area contributed by atoms with Crippen molar-refractivity contribution in [1.82, 2.24) is 9.78 Å². The van der Waals surface area contributed by atoms with Crippen molar-refractivity contribution in [3.05, 3.63) is 46.6 Å². The molecule has 0 saturated heterocycles. The molecule has 3 rings (SSSR count). The maximum atomic E-state index is 9.27. The lowest BCUT2D eigenvalue weighted by Gasteiger charge is -2.10. The van der Waals surface area contributed by atoms with Crippen molar-refractivity contribution in [2.45, 2.75) is 38.6 Å². The zero-order valence-corrected chi connectivity index (χ0v) is 13.5. The molecule has 6 heteroatoms. The fourth-order valence-electron chi connectivity index (χ4n) is 2.76. The minimum atomic E-state index is 0.0236. The van der Waals surface area contributed by atoms with Gasteiger partial charge in [0.1, 0.15) is 11.4 Å². The number of aliphatic hydroxyl groups excluding tert-OH is 1. The zero-order chi connectivity index (χ0) is 17.1. The van der Waals surface area contributed by atoms with Crippen LogP contribution in [0.4, 0.5) is 5.69 Å². The van der Waals surface area contributed by atoms with Gasteiger partial charge in [-0.25, -0.2) is 4.85 Å². The van der Waals surface area contributed by atoms with Crippen LogP contribution in [0.5, 0.6) is 11.5 Å². The van der Waals surface area contributed by atoms with Crippen LogP contribution in [-0.2, 0) is 13.0 Å². The Morgan fingerprint density at radius 2 is 2.25 bits per heavy atom. The molecule has 0 radical (unpaired) electrons. The van der Waals surface area contributed by atoms with Gasteiger partial charge in [-0.2, -0.15) is 10.4 Å². The lowest BCUT2D eigenvalue weighted by Crippen LogP contribution is -2.07. The minimum Gasteiger partial charge on any atom is -0.455 e. The predicted molar refractivity (Wildman–Crippen MR) is 88.2 cm³/mol. The molecule has 1 aliphatic carbocycles. The Morgan fingerprint density at radius 1 is 1.46 bits per heavy atom. The van der Waals surface area contributed by atoms with Crippen LogP contribution >= 0.6 is 0 Å². The van der Waals surface area contributed by atoms with Gasteiger partial charge in [0.05, 0.1) is 31.5 Å². The molecule has 2 aromatic rings. The van der Waals surface area contributed by atoms with Crippen LogP contribution in [0.1, 0.15) is 42.6 Å². The summed E-state index contributed by atoms with van der Waals surface area (Å²) in [7, 11) is 0. The van der Waals surface area contributed by atoms with Gasteiger partial charge in [-0.15, -0.1) is 0 Å². The number of aliphatic hydroxyl groups is 1. The van der Waals surface area contributed by atoms with E-state index in [-0.39, 0.29) is 6.61 Å². The summed E-state index contributed by atoms with van der Waals surface area (Å²) in [5.74, 6) is 1.58. The fraction of sp³-hybridized carbons (Fsp3) is 0.389. The Hall–Kier alpha value is -2.83. The number of rotatable bonds is 6. The number of hydrogen-bond acceptors (Lipinski definition) is 4. The van der Waals surface area contributed by atoms with E-state index < -0.39 is 0 Å². The van der Waals surface area contributed by atoms with E-state index >= 15 is 0 Å². The third kappa shape index (κ3) is 3.10. The Balaban J connectivity index is 2.04. The second kappa shape index (κ2) is 6.74. The molecule has 0 atom stereocenters. The second-order valence-electron chi connectivity index (χ2n) is 5.78. The van der Waals surface area contributed by atoms with Crippen LogP contribution < -0.4 is 4.74 Å². The van der Waals surface area contributed by atoms with E-state index in [1.165, 1.54) is 6.07 Å². The number of aryl methyl sites for hydroxylation is 1. The maximum Gasteiger partial charge on any atom is 0.192 e. The molecule has 6 nitrogen and oxygen atoms in total. The van der Waals surface area contributed by atoms with Crippen molar-refractivity contribution < 1.29 is 9.84 Å². The summed E-state index contributed by atoms with van der Waals surface area (Å²) in [5.41, 5.74) is 2.61. The summed E-state index contributed by atoms with van der Waals surface area (Å²) >= 11 is 0. The monoisotopic (exact) mass is 322 g/mol. The van der Waals surface area contributed by atoms with E-state index in [9.17, 15) is 5.11 Å². The summed E-state index contributed by atoms with van der Waals surface area (Å²) in [6.07, 6.45) is 2.88. The van der Waals surface area contributed by atoms with E-state index in [1.54, 1.807) is 12.1 Å². The zero-order valence-electron chi connectivity index (χ0n) is 13.5. The number of nitriles is 1. The van der Waals surface area contributed by atoms with E-state index in [1.807, 2.05) is 11.6 Å². The first-order valence-electron chi connectivity index (χ1n) is 8.01. The summed E-state index contributed by atoms with van der Waals surface area (Å²) in [6.45, 7) is 9.63. The summed E-state index contributed by atoms with van der Waals surface area (Å²) in [4.78, 5) is 3.39. The lowest BCUT2D eigenvalue weighted by molar-refractivity contribution is 0.266. The average Bonchev–Trinajstić information content (AvgIpc) is 3.38. The van der Waals surface area contributed by atoms with Gasteiger partial charge in [0, 0.05) is 11.5 Å². The molecule has 1 N–H and O–H groups in total. The van der Waals surface area contributed by atoms with Crippen LogP contribution in [-0.4, -0.2) is 21.5 Å². The summed E-state index contributed by atoms with van der Waals surface area (Å²) in [5, 5.41) is 23.0. The van der Waals surface area contributed by atoms with Crippen molar-refractivity contribution >= 4 is 5.69 Å². The molecular weight excluding hydrogens is 304 g/mol. The van der Waals surface area contributed by atoms with E-state index in [4.69, 9.17) is 16.6 Å². The molecule has 1 aromatic heterocycles. The van der Waals surface area contributed by atoms with Crippen LogP contribution in [0.15, 0.2) is 18.2 Å². The fourth-order valence-corrected chi connectivity index (χ4v) is 2.76. The van der Waals surface area contributed by atoms with Gasteiger partial charge in [0.25, 0.3) is 0 Å². The maximum absolute atomic E-state index is 9.27. The van der Waals surface area contributed by atoms with Crippen molar-refractivity contribution in [3.63, 3.8) is 0 Å². The molecule has 1 heterocycles. The van der Waals surface area contributed by atoms with Crippen LogP contribution in [0.3, 0.4) is 0 Å². The first-order chi connectivity index (χ1) is 11.7. The van der Waals surface area contributed by atoms with Gasteiger partial charge in [0.15, 0.2) is 11.4 Å². The van der Waals surface area contributed by atoms with Gasteiger partial charge in [-0.05, 0) is 37.5 Å². The number of benzene rings is 1. The molecule has 0 aliphatic heterocycles. The van der Waals surface area contributed by atoms with E-state index in [2.05, 4.69) is 16.0 Å². The molecule has 122 valence electrons. The largest absolute Gasteiger partial charge is 0.455 e. The highest BCUT2D eigenvalue weighted by Crippen LogP contribution is 2.47. The van der Waals surface area contributed by atoms with Gasteiger partial charge in [-0.3, -0.25) is 4.68 Å². The molecule has 0 unspecified atom stereocenters. The van der Waals surface area contributed by atoms with Crippen LogP contribution in [0.2, 0.25) is 0 Å². The summed E-state index contributed by atoms with van der Waals surface area (Å²) < 4.78 is 7.91. The molecular formula is C18H18N4O2. The van der Waals surface area contributed by atoms with Crippen molar-refractivity contribution in [2.24, 2.45) is 0 Å². The summed E-state index contributed by atoms with van der Waals surface area (Å²) in [6, 6.07) is 6.86. The molecule has 24 heavy (non-hydrogen) atoms. The molecule has 1 aromatic carbocycles. The van der Waals surface area contributed by atoms with Gasteiger partial charge in [-0.1, -0.05) is 6.92 Å². The van der Waals surface area contributed by atoms with Gasteiger partial charge < -0.3 is 9.84 Å². The number of aromatic nitrogens is 2. The van der Waals surface area contributed by atoms with Gasteiger partial charge >= 0.3 is 0 Å². The van der Waals surface area contributed by atoms with Crippen molar-refractivity contribution in [1.29, 1.82) is 5.26 Å². The first kappa shape index (κ1) is 16.0. The highest BCUT2D eigenvalue weighted by Gasteiger charge is 2.33. The second-order valence-corrected chi connectivity index (χ2v) is 5.78. The molecule has 0 spiro atoms. The Kier molecular flexibility index (Phi) is 4.50. The predicted octanol–water partition coefficient (Wildman–Crippen LogP) is 3.53. The minimum absolute atomic E-state index is 0.0236. The molecule has 1 saturated carbocycles. The Bertz CT molecular complexity index is 806. The van der Waals surface area contributed by atoms with Gasteiger partial charge in [0.2, 0.25) is 0 Å². The highest BCUT2D eigenvalue weighted by molar-refractivity contribution is 5.56. The molecule has 0 bridgehead atoms. The standard InChI is InChI=1S/C18H18N4O2/c1-3-16-18(17(13-4-5-13)22(21-16)6-7-23)24-15-9-12(11-19)8-14(10-15)20-2/h8-10,13,23H,3-7H2,1H3. The topological polar surface area (TPSA) is 75.4 Å². The highest BCUT2D eigenvalue weighted by atomic mass is 16.5. The normalized spacial score (nSPS) is 13.3. The third-order valence-electron chi connectivity index (χ3n) is 3.99. The van der Waals surface area contributed by atoms with Crippen LogP contribution in [0, 0.1) is 17.9 Å². The smallest absolute Gasteiger partial charge is 0.192 e. The molecule has 1 fully saturated rings. The number of ether oxygens (including phenoxy) is 1. The lowest BCUT2D eigenvalue weighted by atomic mass is 10.2. The van der Waals surface area contributed by atoms with Crippen molar-refractivity contribution in [3.8, 4) is 17.6 Å². The number of hydrogen-bond donors (Lipinski definition) is 1. The number of nitrogens with zero attached hydrogens (tertiary/aromatic N) is 4. The Labute approximate surface area is 140 Å².